The molecule has 148 valence electrons. The molecular formula is C19H13Cl2N3O5. The molecule has 0 saturated heterocycles. The van der Waals surface area contributed by atoms with Crippen LogP contribution in [-0.4, -0.2) is 23.7 Å². The van der Waals surface area contributed by atoms with Gasteiger partial charge in [-0.05, 0) is 36.4 Å². The number of nitrogens with zero attached hydrogens (tertiary/aromatic N) is 2. The molecule has 0 spiro atoms. The fourth-order valence-electron chi connectivity index (χ4n) is 2.34. The number of amides is 1. The van der Waals surface area contributed by atoms with Gasteiger partial charge in [0.1, 0.15) is 17.3 Å². The minimum absolute atomic E-state index is 0.0725. The summed E-state index contributed by atoms with van der Waals surface area (Å²) in [5, 5.41) is 15.6. The average Bonchev–Trinajstić information content (AvgIpc) is 3.16. The molecule has 2 aromatic carbocycles. The van der Waals surface area contributed by atoms with Gasteiger partial charge in [0.15, 0.2) is 6.61 Å². The number of nitro benzene ring substituents is 1. The van der Waals surface area contributed by atoms with E-state index in [0.717, 1.165) is 0 Å². The van der Waals surface area contributed by atoms with Gasteiger partial charge in [-0.1, -0.05) is 35.3 Å². The number of nitrogens with one attached hydrogen (secondary N) is 1. The van der Waals surface area contributed by atoms with E-state index in [0.29, 0.717) is 27.9 Å². The fourth-order valence-corrected chi connectivity index (χ4v) is 2.81. The van der Waals surface area contributed by atoms with Crippen molar-refractivity contribution < 1.29 is 18.9 Å². The topological polar surface area (TPSA) is 107 Å². The van der Waals surface area contributed by atoms with Gasteiger partial charge in [0.2, 0.25) is 0 Å². The van der Waals surface area contributed by atoms with E-state index in [4.69, 9.17) is 32.4 Å². The van der Waals surface area contributed by atoms with Gasteiger partial charge in [0, 0.05) is 11.1 Å². The van der Waals surface area contributed by atoms with Gasteiger partial charge in [0.05, 0.1) is 21.7 Å². The molecule has 0 atom stereocenters. The van der Waals surface area contributed by atoms with Gasteiger partial charge >= 0.3 is 0 Å². The molecule has 1 N–H and O–H groups in total. The number of ether oxygens (including phenoxy) is 1. The highest BCUT2D eigenvalue weighted by atomic mass is 35.5. The summed E-state index contributed by atoms with van der Waals surface area (Å²) >= 11 is 11.7. The molecule has 3 aromatic rings. The molecule has 29 heavy (non-hydrogen) atoms. The van der Waals surface area contributed by atoms with E-state index in [1.165, 1.54) is 18.3 Å². The van der Waals surface area contributed by atoms with Crippen LogP contribution < -0.4 is 10.2 Å². The van der Waals surface area contributed by atoms with Crippen molar-refractivity contribution in [2.24, 2.45) is 5.10 Å². The number of carbonyl (C=O) groups is 1. The van der Waals surface area contributed by atoms with Crippen LogP contribution in [0, 0.1) is 10.1 Å². The lowest BCUT2D eigenvalue weighted by molar-refractivity contribution is -0.384. The Kier molecular flexibility index (Phi) is 6.48. The largest absolute Gasteiger partial charge is 0.482 e. The number of benzene rings is 2. The average molecular weight is 434 g/mol. The monoisotopic (exact) mass is 433 g/mol. The summed E-state index contributed by atoms with van der Waals surface area (Å²) in [6, 6.07) is 14.0. The van der Waals surface area contributed by atoms with Crippen LogP contribution in [0.1, 0.15) is 5.76 Å². The second-order valence-electron chi connectivity index (χ2n) is 5.63. The SMILES string of the molecule is O=C(COc1ccc(Cl)cc1Cl)N/N=C/c1ccc(-c2ccccc2[N+](=O)[O-])o1. The first kappa shape index (κ1) is 20.4. The van der Waals surface area contributed by atoms with E-state index in [-0.39, 0.29) is 17.3 Å². The standard InChI is InChI=1S/C19H13Cl2N3O5/c20-12-5-7-18(15(21)9-12)28-11-19(25)23-22-10-13-6-8-17(29-13)14-3-1-2-4-16(14)24(26)27/h1-10H,11H2,(H,23,25)/b22-10+. The first-order chi connectivity index (χ1) is 13.9. The van der Waals surface area contributed by atoms with E-state index in [9.17, 15) is 14.9 Å². The van der Waals surface area contributed by atoms with E-state index >= 15 is 0 Å². The van der Waals surface area contributed by atoms with Crippen LogP contribution >= 0.6 is 23.2 Å². The number of para-hydroxylation sites is 1. The summed E-state index contributed by atoms with van der Waals surface area (Å²) in [5.74, 6) is 0.416. The Balaban J connectivity index is 1.57. The van der Waals surface area contributed by atoms with E-state index < -0.39 is 10.8 Å². The maximum Gasteiger partial charge on any atom is 0.280 e. The van der Waals surface area contributed by atoms with Gasteiger partial charge in [-0.25, -0.2) is 5.43 Å². The van der Waals surface area contributed by atoms with E-state index in [1.54, 1.807) is 42.5 Å². The van der Waals surface area contributed by atoms with Crippen molar-refractivity contribution in [3.8, 4) is 17.1 Å². The minimum Gasteiger partial charge on any atom is -0.482 e. The number of rotatable bonds is 7. The zero-order valence-electron chi connectivity index (χ0n) is 14.7. The maximum absolute atomic E-state index is 11.8. The molecule has 0 bridgehead atoms. The highest BCUT2D eigenvalue weighted by molar-refractivity contribution is 6.35. The fraction of sp³-hybridized carbons (Fsp3) is 0.0526. The van der Waals surface area contributed by atoms with Gasteiger partial charge in [-0.2, -0.15) is 5.10 Å². The number of nitro groups is 1. The van der Waals surface area contributed by atoms with Crippen LogP contribution in [0.5, 0.6) is 5.75 Å². The molecule has 1 aromatic heterocycles. The molecule has 0 saturated carbocycles. The minimum atomic E-state index is -0.516. The summed E-state index contributed by atoms with van der Waals surface area (Å²) in [7, 11) is 0. The zero-order chi connectivity index (χ0) is 20.8. The molecule has 10 heteroatoms. The van der Waals surface area contributed by atoms with Crippen LogP contribution in [0.3, 0.4) is 0 Å². The lowest BCUT2D eigenvalue weighted by Gasteiger charge is -2.06. The quantitative estimate of drug-likeness (QED) is 0.330. The first-order valence-corrected chi connectivity index (χ1v) is 8.93. The Hall–Kier alpha value is -3.36. The number of furan rings is 1. The zero-order valence-corrected chi connectivity index (χ0v) is 16.2. The Bertz CT molecular complexity index is 1080. The summed E-state index contributed by atoms with van der Waals surface area (Å²) < 4.78 is 10.8. The molecule has 0 aliphatic carbocycles. The molecule has 0 aliphatic rings. The predicted molar refractivity (Wildman–Crippen MR) is 108 cm³/mol. The number of hydrogen-bond acceptors (Lipinski definition) is 6. The van der Waals surface area contributed by atoms with Crippen molar-refractivity contribution in [2.45, 2.75) is 0 Å². The third-order valence-corrected chi connectivity index (χ3v) is 4.16. The molecule has 0 aliphatic heterocycles. The van der Waals surface area contributed by atoms with E-state index in [1.807, 2.05) is 0 Å². The summed E-state index contributed by atoms with van der Waals surface area (Å²) in [4.78, 5) is 22.4. The Morgan fingerprint density at radius 1 is 1.21 bits per heavy atom. The third-order valence-electron chi connectivity index (χ3n) is 3.63. The van der Waals surface area contributed by atoms with Gasteiger partial charge < -0.3 is 9.15 Å². The highest BCUT2D eigenvalue weighted by Gasteiger charge is 2.16. The normalized spacial score (nSPS) is 10.8. The summed E-state index contributed by atoms with van der Waals surface area (Å²) in [6.45, 7) is -0.307. The number of hydrogen-bond donors (Lipinski definition) is 1. The van der Waals surface area contributed by atoms with Crippen molar-refractivity contribution in [3.05, 3.63) is 80.5 Å². The molecule has 1 amide bonds. The molecule has 1 heterocycles. The van der Waals surface area contributed by atoms with Crippen molar-refractivity contribution >= 4 is 41.0 Å². The van der Waals surface area contributed by atoms with Gasteiger partial charge in [-0.15, -0.1) is 0 Å². The van der Waals surface area contributed by atoms with Crippen LogP contribution in [0.25, 0.3) is 11.3 Å². The smallest absolute Gasteiger partial charge is 0.280 e. The lowest BCUT2D eigenvalue weighted by atomic mass is 10.1. The number of halogens is 2. The van der Waals surface area contributed by atoms with Gasteiger partial charge in [0.25, 0.3) is 11.6 Å². The maximum atomic E-state index is 11.8. The second-order valence-corrected chi connectivity index (χ2v) is 6.48. The van der Waals surface area contributed by atoms with Crippen LogP contribution in [0.2, 0.25) is 10.0 Å². The Morgan fingerprint density at radius 2 is 2.00 bits per heavy atom. The van der Waals surface area contributed by atoms with Crippen molar-refractivity contribution in [1.82, 2.24) is 5.43 Å². The van der Waals surface area contributed by atoms with Crippen molar-refractivity contribution in [3.63, 3.8) is 0 Å². The summed E-state index contributed by atoms with van der Waals surface area (Å²) in [6.07, 6.45) is 1.27. The second kappa shape index (κ2) is 9.22. The molecule has 8 nitrogen and oxygen atoms in total. The summed E-state index contributed by atoms with van der Waals surface area (Å²) in [5.41, 5.74) is 2.55. The molecule has 0 unspecified atom stereocenters. The molecule has 0 radical (unpaired) electrons. The number of hydrazone groups is 1. The van der Waals surface area contributed by atoms with Crippen LogP contribution in [0.4, 0.5) is 5.69 Å². The number of carbonyl (C=O) groups excluding carboxylic acids is 1. The molecule has 3 rings (SSSR count). The van der Waals surface area contributed by atoms with Crippen molar-refractivity contribution in [2.75, 3.05) is 6.61 Å². The predicted octanol–water partition coefficient (Wildman–Crippen LogP) is 4.69. The molecule has 0 fully saturated rings. The Labute approximate surface area is 174 Å². The third kappa shape index (κ3) is 5.34. The molecular weight excluding hydrogens is 421 g/mol. The Morgan fingerprint density at radius 3 is 2.76 bits per heavy atom. The lowest BCUT2D eigenvalue weighted by Crippen LogP contribution is -2.24. The highest BCUT2D eigenvalue weighted by Crippen LogP contribution is 2.30. The van der Waals surface area contributed by atoms with E-state index in [2.05, 4.69) is 10.5 Å². The first-order valence-electron chi connectivity index (χ1n) is 8.17. The van der Waals surface area contributed by atoms with Crippen LogP contribution in [0.15, 0.2) is 64.1 Å². The van der Waals surface area contributed by atoms with Gasteiger partial charge in [-0.3, -0.25) is 14.9 Å². The van der Waals surface area contributed by atoms with Crippen LogP contribution in [-0.2, 0) is 4.79 Å². The van der Waals surface area contributed by atoms with Crippen molar-refractivity contribution in [1.29, 1.82) is 0 Å².